The smallest absolute Gasteiger partial charge is 0.276 e. The van der Waals surface area contributed by atoms with Crippen LogP contribution in [0.25, 0.3) is 0 Å². The summed E-state index contributed by atoms with van der Waals surface area (Å²) in [5.74, 6) is 1.01. The normalized spacial score (nSPS) is 28.6. The van der Waals surface area contributed by atoms with Crippen molar-refractivity contribution in [1.29, 1.82) is 0 Å². The number of hydrogen-bond acceptors (Lipinski definition) is 6. The summed E-state index contributed by atoms with van der Waals surface area (Å²) >= 11 is 0. The summed E-state index contributed by atoms with van der Waals surface area (Å²) in [5.41, 5.74) is 0.327. The molecule has 0 radical (unpaired) electrons. The Labute approximate surface area is 140 Å². The molecule has 3 aliphatic rings. The van der Waals surface area contributed by atoms with Crippen LogP contribution >= 0.6 is 0 Å². The van der Waals surface area contributed by atoms with E-state index in [-0.39, 0.29) is 17.9 Å². The van der Waals surface area contributed by atoms with Crippen LogP contribution in [-0.2, 0) is 14.8 Å². The number of ether oxygens (including phenoxy) is 1. The molecule has 0 aromatic carbocycles. The van der Waals surface area contributed by atoms with E-state index in [2.05, 4.69) is 5.16 Å². The maximum absolute atomic E-state index is 12.6. The Kier molecular flexibility index (Phi) is 3.89. The SMILES string of the molecule is CS(=O)(=O)N1CCO[C@@H]2CN(C(=O)c3cc(C4CC4)on3)C[C@@H]2C1. The van der Waals surface area contributed by atoms with Gasteiger partial charge in [-0.2, -0.15) is 4.31 Å². The molecule has 1 aromatic rings. The van der Waals surface area contributed by atoms with Crippen molar-refractivity contribution < 1.29 is 22.5 Å². The van der Waals surface area contributed by atoms with Crippen molar-refractivity contribution in [3.05, 3.63) is 17.5 Å². The van der Waals surface area contributed by atoms with Crippen LogP contribution in [0.1, 0.15) is 35.0 Å². The van der Waals surface area contributed by atoms with Crippen molar-refractivity contribution in [2.24, 2.45) is 5.92 Å². The molecule has 3 heterocycles. The summed E-state index contributed by atoms with van der Waals surface area (Å²) < 4.78 is 36.1. The number of nitrogens with zero attached hydrogens (tertiary/aromatic N) is 3. The summed E-state index contributed by atoms with van der Waals surface area (Å²) in [6.45, 7) is 2.05. The van der Waals surface area contributed by atoms with Crippen LogP contribution in [0.15, 0.2) is 10.6 Å². The van der Waals surface area contributed by atoms with Gasteiger partial charge in [0.15, 0.2) is 5.69 Å². The van der Waals surface area contributed by atoms with E-state index in [0.29, 0.717) is 44.4 Å². The summed E-state index contributed by atoms with van der Waals surface area (Å²) in [6.07, 6.45) is 3.26. The zero-order chi connectivity index (χ0) is 16.9. The average Bonchev–Trinajstić information content (AvgIpc) is 3.19. The number of aromatic nitrogens is 1. The van der Waals surface area contributed by atoms with Gasteiger partial charge in [-0.3, -0.25) is 4.79 Å². The predicted octanol–water partition coefficient (Wildman–Crippen LogP) is 0.284. The van der Waals surface area contributed by atoms with Crippen LogP contribution in [0.2, 0.25) is 0 Å². The number of carbonyl (C=O) groups excluding carboxylic acids is 1. The zero-order valence-corrected chi connectivity index (χ0v) is 14.4. The number of amides is 1. The van der Waals surface area contributed by atoms with Gasteiger partial charge >= 0.3 is 0 Å². The Morgan fingerprint density at radius 3 is 2.79 bits per heavy atom. The number of hydrogen-bond donors (Lipinski definition) is 0. The molecule has 1 aliphatic carbocycles. The molecule has 1 saturated carbocycles. The molecule has 2 aliphatic heterocycles. The maximum atomic E-state index is 12.6. The largest absolute Gasteiger partial charge is 0.375 e. The highest BCUT2D eigenvalue weighted by molar-refractivity contribution is 7.88. The van der Waals surface area contributed by atoms with Crippen LogP contribution < -0.4 is 0 Å². The van der Waals surface area contributed by atoms with Gasteiger partial charge in [-0.15, -0.1) is 0 Å². The van der Waals surface area contributed by atoms with Gasteiger partial charge in [0.05, 0.1) is 19.0 Å². The van der Waals surface area contributed by atoms with Crippen LogP contribution in [-0.4, -0.2) is 73.8 Å². The van der Waals surface area contributed by atoms with Crippen LogP contribution in [0, 0.1) is 5.92 Å². The first-order valence-corrected chi connectivity index (χ1v) is 10.1. The fraction of sp³-hybridized carbons (Fsp3) is 0.733. The number of likely N-dealkylation sites (tertiary alicyclic amines) is 1. The predicted molar refractivity (Wildman–Crippen MR) is 84.0 cm³/mol. The highest BCUT2D eigenvalue weighted by Gasteiger charge is 2.41. The number of carbonyl (C=O) groups is 1. The Hall–Kier alpha value is -1.45. The quantitative estimate of drug-likeness (QED) is 0.773. The minimum Gasteiger partial charge on any atom is -0.375 e. The molecule has 0 bridgehead atoms. The average molecular weight is 355 g/mol. The first-order chi connectivity index (χ1) is 11.4. The molecule has 4 rings (SSSR count). The third-order valence-corrected chi connectivity index (χ3v) is 6.24. The number of fused-ring (bicyclic) bond motifs is 1. The van der Waals surface area contributed by atoms with Gasteiger partial charge in [-0.25, -0.2) is 8.42 Å². The molecule has 0 N–H and O–H groups in total. The van der Waals surface area contributed by atoms with Crippen LogP contribution in [0.5, 0.6) is 0 Å². The Morgan fingerprint density at radius 1 is 1.29 bits per heavy atom. The molecule has 24 heavy (non-hydrogen) atoms. The van der Waals surface area contributed by atoms with Gasteiger partial charge in [0.2, 0.25) is 10.0 Å². The van der Waals surface area contributed by atoms with Gasteiger partial charge in [0.1, 0.15) is 5.76 Å². The van der Waals surface area contributed by atoms with Gasteiger partial charge in [0, 0.05) is 44.1 Å². The molecule has 132 valence electrons. The lowest BCUT2D eigenvalue weighted by Gasteiger charge is -2.21. The Morgan fingerprint density at radius 2 is 2.08 bits per heavy atom. The summed E-state index contributed by atoms with van der Waals surface area (Å²) in [7, 11) is -3.25. The van der Waals surface area contributed by atoms with Gasteiger partial charge in [-0.1, -0.05) is 5.16 Å². The third-order valence-electron chi connectivity index (χ3n) is 4.98. The minimum absolute atomic E-state index is 0.0130. The molecule has 9 heteroatoms. The van der Waals surface area contributed by atoms with E-state index >= 15 is 0 Å². The number of sulfonamides is 1. The molecule has 3 fully saturated rings. The highest BCUT2D eigenvalue weighted by Crippen LogP contribution is 2.40. The second-order valence-corrected chi connectivity index (χ2v) is 8.87. The van der Waals surface area contributed by atoms with Crippen molar-refractivity contribution in [3.63, 3.8) is 0 Å². The first-order valence-electron chi connectivity index (χ1n) is 8.24. The molecule has 1 aromatic heterocycles. The summed E-state index contributed by atoms with van der Waals surface area (Å²) in [5, 5.41) is 3.90. The van der Waals surface area contributed by atoms with E-state index in [1.165, 1.54) is 10.6 Å². The topological polar surface area (TPSA) is 93.0 Å². The Balaban J connectivity index is 1.45. The molecular formula is C15H21N3O5S. The third kappa shape index (κ3) is 3.07. The standard InChI is InChI=1S/C15H21N3O5S/c1-24(20,21)18-4-5-22-14-9-17(7-11(14)8-18)15(19)12-6-13(23-16-12)10-2-3-10/h6,10-11,14H,2-5,7-9H2,1H3/t11-,14-/m1/s1. The lowest BCUT2D eigenvalue weighted by atomic mass is 10.1. The second kappa shape index (κ2) is 5.82. The first kappa shape index (κ1) is 16.0. The molecule has 2 atom stereocenters. The van der Waals surface area contributed by atoms with Crippen molar-refractivity contribution in [3.8, 4) is 0 Å². The molecule has 0 spiro atoms. The molecule has 1 amide bonds. The van der Waals surface area contributed by atoms with Gasteiger partial charge in [-0.05, 0) is 12.8 Å². The molecular weight excluding hydrogens is 334 g/mol. The minimum atomic E-state index is -3.25. The van der Waals surface area contributed by atoms with E-state index in [4.69, 9.17) is 9.26 Å². The fourth-order valence-corrected chi connectivity index (χ4v) is 4.31. The van der Waals surface area contributed by atoms with E-state index in [1.807, 2.05) is 0 Å². The zero-order valence-electron chi connectivity index (χ0n) is 13.6. The van der Waals surface area contributed by atoms with Crippen molar-refractivity contribution in [1.82, 2.24) is 14.4 Å². The van der Waals surface area contributed by atoms with E-state index in [1.54, 1.807) is 11.0 Å². The summed E-state index contributed by atoms with van der Waals surface area (Å²) in [4.78, 5) is 14.3. The molecule has 8 nitrogen and oxygen atoms in total. The van der Waals surface area contributed by atoms with E-state index in [0.717, 1.165) is 18.6 Å². The van der Waals surface area contributed by atoms with Gasteiger partial charge < -0.3 is 14.2 Å². The van der Waals surface area contributed by atoms with Crippen LogP contribution in [0.4, 0.5) is 0 Å². The highest BCUT2D eigenvalue weighted by atomic mass is 32.2. The fourth-order valence-electron chi connectivity index (χ4n) is 3.44. The monoisotopic (exact) mass is 355 g/mol. The van der Waals surface area contributed by atoms with Gasteiger partial charge in [0.25, 0.3) is 5.91 Å². The lowest BCUT2D eigenvalue weighted by Crippen LogP contribution is -2.37. The van der Waals surface area contributed by atoms with E-state index < -0.39 is 10.0 Å². The van der Waals surface area contributed by atoms with Crippen molar-refractivity contribution in [2.75, 3.05) is 39.0 Å². The Bertz CT molecular complexity index is 742. The molecule has 2 saturated heterocycles. The number of rotatable bonds is 3. The van der Waals surface area contributed by atoms with Crippen LogP contribution in [0.3, 0.4) is 0 Å². The van der Waals surface area contributed by atoms with E-state index in [9.17, 15) is 13.2 Å². The maximum Gasteiger partial charge on any atom is 0.276 e. The second-order valence-electron chi connectivity index (χ2n) is 6.89. The van der Waals surface area contributed by atoms with Crippen molar-refractivity contribution in [2.45, 2.75) is 24.9 Å². The molecule has 0 unspecified atom stereocenters. The lowest BCUT2D eigenvalue weighted by molar-refractivity contribution is 0.0489. The summed E-state index contributed by atoms with van der Waals surface area (Å²) in [6, 6.07) is 1.73. The van der Waals surface area contributed by atoms with Crippen molar-refractivity contribution >= 4 is 15.9 Å².